The summed E-state index contributed by atoms with van der Waals surface area (Å²) in [5, 5.41) is 3.05. The molecule has 0 saturated heterocycles. The van der Waals surface area contributed by atoms with E-state index in [0.717, 1.165) is 34.6 Å². The summed E-state index contributed by atoms with van der Waals surface area (Å²) in [7, 11) is 0.145. The van der Waals surface area contributed by atoms with E-state index in [1.165, 1.54) is 49.5 Å². The maximum atomic E-state index is 13.2. The Hall–Kier alpha value is -3.24. The summed E-state index contributed by atoms with van der Waals surface area (Å²) >= 11 is 0. The third-order valence-electron chi connectivity index (χ3n) is 7.08. The molecule has 0 spiro atoms. The number of benzene rings is 2. The lowest BCUT2D eigenvalue weighted by Crippen LogP contribution is -2.44. The molecule has 1 saturated carbocycles. The number of hydrogen-bond acceptors (Lipinski definition) is 5. The predicted molar refractivity (Wildman–Crippen MR) is 134 cm³/mol. The number of amides is 1. The minimum absolute atomic E-state index is 0.111. The van der Waals surface area contributed by atoms with E-state index in [1.807, 2.05) is 18.2 Å². The molecule has 0 unspecified atom stereocenters. The number of aryl methyl sites for hydroxylation is 1. The Labute approximate surface area is 204 Å². The first-order valence-corrected chi connectivity index (χ1v) is 13.0. The fourth-order valence-electron chi connectivity index (χ4n) is 4.94. The van der Waals surface area contributed by atoms with Crippen molar-refractivity contribution in [2.75, 3.05) is 20.1 Å². The fourth-order valence-corrected chi connectivity index (χ4v) is 6.09. The number of aromatic nitrogens is 2. The first-order valence-electron chi connectivity index (χ1n) is 11.6. The van der Waals surface area contributed by atoms with E-state index < -0.39 is 27.2 Å². The van der Waals surface area contributed by atoms with Crippen LogP contribution >= 0.6 is 0 Å². The molecule has 1 fully saturated rings. The lowest BCUT2D eigenvalue weighted by atomic mass is 9.79. The van der Waals surface area contributed by atoms with Crippen LogP contribution in [0.4, 0.5) is 0 Å². The molecule has 3 aromatic rings. The highest BCUT2D eigenvalue weighted by atomic mass is 32.2. The van der Waals surface area contributed by atoms with Crippen LogP contribution in [-0.4, -0.2) is 47.9 Å². The Kier molecular flexibility index (Phi) is 6.70. The van der Waals surface area contributed by atoms with E-state index in [2.05, 4.69) is 17.4 Å². The minimum Gasteiger partial charge on any atom is -0.354 e. The Balaban J connectivity index is 1.52. The number of carbonyl (C=O) groups excluding carboxylic acids is 1. The highest BCUT2D eigenvalue weighted by Crippen LogP contribution is 2.40. The van der Waals surface area contributed by atoms with Gasteiger partial charge in [-0.05, 0) is 36.6 Å². The highest BCUT2D eigenvalue weighted by molar-refractivity contribution is 7.89. The van der Waals surface area contributed by atoms with Crippen LogP contribution in [-0.2, 0) is 34.3 Å². The van der Waals surface area contributed by atoms with Crippen molar-refractivity contribution in [3.63, 3.8) is 0 Å². The van der Waals surface area contributed by atoms with Gasteiger partial charge in [-0.3, -0.25) is 18.7 Å². The van der Waals surface area contributed by atoms with Crippen LogP contribution in [0.25, 0.3) is 10.9 Å². The van der Waals surface area contributed by atoms with Gasteiger partial charge in [-0.1, -0.05) is 43.2 Å². The first kappa shape index (κ1) is 24.9. The average Bonchev–Trinajstić information content (AvgIpc) is 3.35. The molecule has 0 bridgehead atoms. The van der Waals surface area contributed by atoms with Crippen LogP contribution in [0.1, 0.15) is 31.2 Å². The molecule has 1 amide bonds. The van der Waals surface area contributed by atoms with Gasteiger partial charge in [0.2, 0.25) is 15.9 Å². The summed E-state index contributed by atoms with van der Waals surface area (Å²) in [5.41, 5.74) is 0.305. The summed E-state index contributed by atoms with van der Waals surface area (Å²) in [6.07, 6.45) is 4.12. The van der Waals surface area contributed by atoms with E-state index in [1.54, 1.807) is 0 Å². The molecule has 2 aromatic carbocycles. The number of rotatable bonds is 7. The second-order valence-electron chi connectivity index (χ2n) is 9.28. The van der Waals surface area contributed by atoms with Crippen molar-refractivity contribution in [1.29, 1.82) is 0 Å². The summed E-state index contributed by atoms with van der Waals surface area (Å²) in [6, 6.07) is 14.1. The van der Waals surface area contributed by atoms with Gasteiger partial charge in [0.1, 0.15) is 0 Å². The Bertz CT molecular complexity index is 1490. The molecule has 1 aromatic heterocycles. The normalized spacial score (nSPS) is 15.5. The lowest BCUT2D eigenvalue weighted by molar-refractivity contribution is -0.121. The average molecular weight is 499 g/mol. The van der Waals surface area contributed by atoms with Crippen molar-refractivity contribution in [2.24, 2.45) is 14.1 Å². The molecule has 9 nitrogen and oxygen atoms in total. The van der Waals surface area contributed by atoms with Crippen molar-refractivity contribution in [3.8, 4) is 0 Å². The fraction of sp³-hybridized carbons (Fsp3) is 0.400. The van der Waals surface area contributed by atoms with Gasteiger partial charge in [-0.2, -0.15) is 4.31 Å². The van der Waals surface area contributed by atoms with Crippen LogP contribution in [0.2, 0.25) is 0 Å². The zero-order valence-corrected chi connectivity index (χ0v) is 21.0. The van der Waals surface area contributed by atoms with Crippen molar-refractivity contribution in [2.45, 2.75) is 36.0 Å². The van der Waals surface area contributed by atoms with Crippen LogP contribution in [0.3, 0.4) is 0 Å². The van der Waals surface area contributed by atoms with E-state index >= 15 is 0 Å². The minimum atomic E-state index is -4.05. The van der Waals surface area contributed by atoms with E-state index in [-0.39, 0.29) is 22.2 Å². The predicted octanol–water partition coefficient (Wildman–Crippen LogP) is 1.49. The van der Waals surface area contributed by atoms with Gasteiger partial charge in [0.25, 0.3) is 5.56 Å². The van der Waals surface area contributed by atoms with E-state index in [4.69, 9.17) is 0 Å². The van der Waals surface area contributed by atoms with Crippen molar-refractivity contribution < 1.29 is 13.2 Å². The molecule has 1 aliphatic carbocycles. The summed E-state index contributed by atoms with van der Waals surface area (Å²) in [4.78, 5) is 37.3. The second kappa shape index (κ2) is 9.43. The van der Waals surface area contributed by atoms with Gasteiger partial charge in [0.15, 0.2) is 0 Å². The molecule has 4 rings (SSSR count). The zero-order chi connectivity index (χ0) is 25.4. The molecular weight excluding hydrogens is 468 g/mol. The van der Waals surface area contributed by atoms with Gasteiger partial charge >= 0.3 is 5.69 Å². The largest absolute Gasteiger partial charge is 0.354 e. The molecular formula is C25H30N4O5S. The van der Waals surface area contributed by atoms with Crippen molar-refractivity contribution in [1.82, 2.24) is 18.8 Å². The van der Waals surface area contributed by atoms with E-state index in [0.29, 0.717) is 12.1 Å². The monoisotopic (exact) mass is 498 g/mol. The molecule has 0 atom stereocenters. The Morgan fingerprint density at radius 2 is 1.69 bits per heavy atom. The number of carbonyl (C=O) groups is 1. The summed E-state index contributed by atoms with van der Waals surface area (Å²) < 4.78 is 29.5. The lowest BCUT2D eigenvalue weighted by Gasteiger charge is -2.30. The molecule has 10 heteroatoms. The maximum absolute atomic E-state index is 13.2. The van der Waals surface area contributed by atoms with Crippen LogP contribution in [0, 0.1) is 0 Å². The second-order valence-corrected chi connectivity index (χ2v) is 11.3. The molecule has 1 aliphatic rings. The molecule has 1 N–H and O–H groups in total. The van der Waals surface area contributed by atoms with Gasteiger partial charge in [-0.25, -0.2) is 13.2 Å². The highest BCUT2D eigenvalue weighted by Gasteiger charge is 2.36. The number of likely N-dealkylation sites (N-methyl/N-ethyl adjacent to an activating group) is 1. The van der Waals surface area contributed by atoms with Crippen LogP contribution in [0.15, 0.2) is 63.0 Å². The topological polar surface area (TPSA) is 110 Å². The molecule has 186 valence electrons. The SMILES string of the molecule is CN(CC(=O)NCC1(c2ccccc2)CCCC1)S(=O)(=O)c1ccc2c(c1)c(=O)n(C)c(=O)n2C. The zero-order valence-electron chi connectivity index (χ0n) is 20.2. The Morgan fingerprint density at radius 3 is 2.34 bits per heavy atom. The molecule has 35 heavy (non-hydrogen) atoms. The third kappa shape index (κ3) is 4.55. The number of nitrogens with zero attached hydrogens (tertiary/aromatic N) is 3. The Morgan fingerprint density at radius 1 is 1.03 bits per heavy atom. The van der Waals surface area contributed by atoms with E-state index in [9.17, 15) is 22.8 Å². The number of hydrogen-bond donors (Lipinski definition) is 1. The summed E-state index contributed by atoms with van der Waals surface area (Å²) in [5.74, 6) is -0.391. The molecule has 0 aliphatic heterocycles. The van der Waals surface area contributed by atoms with Crippen LogP contribution in [0.5, 0.6) is 0 Å². The van der Waals surface area contributed by atoms with Crippen molar-refractivity contribution >= 4 is 26.8 Å². The standard InChI is InChI=1S/C25H30N4O5S/c1-27(16-22(30)26-17-25(13-7-8-14-25)18-9-5-4-6-10-18)35(33,34)19-11-12-21-20(15-19)23(31)29(3)24(32)28(21)2/h4-6,9-12,15H,7-8,13-14,16-17H2,1-3H3,(H,26,30). The molecule has 0 radical (unpaired) electrons. The van der Waals surface area contributed by atoms with Crippen molar-refractivity contribution in [3.05, 3.63) is 74.9 Å². The number of fused-ring (bicyclic) bond motifs is 1. The number of nitrogens with one attached hydrogen (secondary N) is 1. The third-order valence-corrected chi connectivity index (χ3v) is 8.88. The first-order chi connectivity index (χ1) is 16.6. The molecule has 1 heterocycles. The maximum Gasteiger partial charge on any atom is 0.330 e. The van der Waals surface area contributed by atoms with Gasteiger partial charge in [-0.15, -0.1) is 0 Å². The smallest absolute Gasteiger partial charge is 0.330 e. The summed E-state index contributed by atoms with van der Waals surface area (Å²) in [6.45, 7) is 0.0975. The van der Waals surface area contributed by atoms with Gasteiger partial charge < -0.3 is 5.32 Å². The van der Waals surface area contributed by atoms with Gasteiger partial charge in [0.05, 0.1) is 22.3 Å². The van der Waals surface area contributed by atoms with Crippen LogP contribution < -0.4 is 16.6 Å². The quantitative estimate of drug-likeness (QED) is 0.531. The van der Waals surface area contributed by atoms with Gasteiger partial charge in [0, 0.05) is 33.1 Å². The number of sulfonamides is 1.